The van der Waals surface area contributed by atoms with Crippen molar-refractivity contribution in [2.75, 3.05) is 13.1 Å². The van der Waals surface area contributed by atoms with E-state index in [0.29, 0.717) is 12.5 Å². The lowest BCUT2D eigenvalue weighted by molar-refractivity contribution is 0.161. The van der Waals surface area contributed by atoms with Gasteiger partial charge in [-0.15, -0.1) is 0 Å². The fourth-order valence-corrected chi connectivity index (χ4v) is 2.15. The molecule has 0 radical (unpaired) electrons. The molecule has 82 valence electrons. The first-order valence-electron chi connectivity index (χ1n) is 5.56. The van der Waals surface area contributed by atoms with Crippen molar-refractivity contribution < 1.29 is 5.21 Å². The molecule has 3 heteroatoms. The predicted octanol–water partition coefficient (Wildman–Crippen LogP) is 1.63. The molecule has 1 aliphatic rings. The maximum absolute atomic E-state index is 8.58. The second kappa shape index (κ2) is 5.26. The van der Waals surface area contributed by atoms with E-state index in [9.17, 15) is 0 Å². The van der Waals surface area contributed by atoms with Crippen LogP contribution in [-0.4, -0.2) is 18.3 Å². The van der Waals surface area contributed by atoms with Crippen LogP contribution in [0.25, 0.3) is 0 Å². The van der Waals surface area contributed by atoms with Gasteiger partial charge in [0.05, 0.1) is 0 Å². The second-order valence-corrected chi connectivity index (χ2v) is 4.10. The van der Waals surface area contributed by atoms with Crippen molar-refractivity contribution >= 4 is 0 Å². The summed E-state index contributed by atoms with van der Waals surface area (Å²) in [5, 5.41) is 12.0. The highest BCUT2D eigenvalue weighted by Gasteiger charge is 2.14. The van der Waals surface area contributed by atoms with Gasteiger partial charge in [0.2, 0.25) is 0 Å². The summed E-state index contributed by atoms with van der Waals surface area (Å²) in [7, 11) is 0. The Bertz CT molecular complexity index is 291. The molecular weight excluding hydrogens is 188 g/mol. The van der Waals surface area contributed by atoms with Crippen molar-refractivity contribution in [3.05, 3.63) is 35.4 Å². The SMILES string of the molecule is ONCc1ccc(C2CCNCC2)cc1. The van der Waals surface area contributed by atoms with Crippen LogP contribution < -0.4 is 10.8 Å². The van der Waals surface area contributed by atoms with E-state index in [2.05, 4.69) is 35.1 Å². The van der Waals surface area contributed by atoms with Gasteiger partial charge in [0.1, 0.15) is 0 Å². The number of benzene rings is 1. The lowest BCUT2D eigenvalue weighted by Gasteiger charge is -2.23. The molecule has 0 unspecified atom stereocenters. The van der Waals surface area contributed by atoms with E-state index < -0.39 is 0 Å². The van der Waals surface area contributed by atoms with Crippen molar-refractivity contribution in [1.82, 2.24) is 10.8 Å². The fraction of sp³-hybridized carbons (Fsp3) is 0.500. The number of nitrogens with one attached hydrogen (secondary N) is 2. The summed E-state index contributed by atoms with van der Waals surface area (Å²) in [6, 6.07) is 8.53. The van der Waals surface area contributed by atoms with Crippen LogP contribution in [0.4, 0.5) is 0 Å². The van der Waals surface area contributed by atoms with Crippen LogP contribution in [0, 0.1) is 0 Å². The Balaban J connectivity index is 2.02. The molecule has 0 bridgehead atoms. The molecular formula is C12H18N2O. The molecule has 0 amide bonds. The molecule has 1 aliphatic heterocycles. The zero-order chi connectivity index (χ0) is 10.5. The number of rotatable bonds is 3. The zero-order valence-corrected chi connectivity index (χ0v) is 8.87. The van der Waals surface area contributed by atoms with E-state index in [1.165, 1.54) is 18.4 Å². The third-order valence-electron chi connectivity index (χ3n) is 3.07. The van der Waals surface area contributed by atoms with Crippen LogP contribution in [0.1, 0.15) is 29.9 Å². The van der Waals surface area contributed by atoms with Gasteiger partial charge >= 0.3 is 0 Å². The number of hydrogen-bond acceptors (Lipinski definition) is 3. The van der Waals surface area contributed by atoms with Crippen molar-refractivity contribution in [3.8, 4) is 0 Å². The minimum Gasteiger partial charge on any atom is -0.317 e. The first-order valence-corrected chi connectivity index (χ1v) is 5.56. The van der Waals surface area contributed by atoms with Gasteiger partial charge in [-0.25, -0.2) is 5.48 Å². The van der Waals surface area contributed by atoms with E-state index in [1.807, 2.05) is 0 Å². The number of hydrogen-bond donors (Lipinski definition) is 3. The fourth-order valence-electron chi connectivity index (χ4n) is 2.15. The minimum absolute atomic E-state index is 0.520. The molecule has 3 nitrogen and oxygen atoms in total. The van der Waals surface area contributed by atoms with E-state index in [4.69, 9.17) is 5.21 Å². The van der Waals surface area contributed by atoms with Crippen molar-refractivity contribution in [2.45, 2.75) is 25.3 Å². The van der Waals surface area contributed by atoms with Crippen molar-refractivity contribution in [2.24, 2.45) is 0 Å². The lowest BCUT2D eigenvalue weighted by atomic mass is 9.90. The van der Waals surface area contributed by atoms with E-state index in [-0.39, 0.29) is 0 Å². The molecule has 0 aliphatic carbocycles. The second-order valence-electron chi connectivity index (χ2n) is 4.10. The Hall–Kier alpha value is -0.900. The van der Waals surface area contributed by atoms with E-state index >= 15 is 0 Å². The summed E-state index contributed by atoms with van der Waals surface area (Å²) in [4.78, 5) is 0. The normalized spacial score (nSPS) is 17.9. The van der Waals surface area contributed by atoms with E-state index in [0.717, 1.165) is 18.7 Å². The van der Waals surface area contributed by atoms with Gasteiger partial charge in [0.15, 0.2) is 0 Å². The molecule has 0 saturated carbocycles. The summed E-state index contributed by atoms with van der Waals surface area (Å²) in [5.41, 5.74) is 4.72. The first kappa shape index (κ1) is 10.6. The summed E-state index contributed by atoms with van der Waals surface area (Å²) < 4.78 is 0. The minimum atomic E-state index is 0.520. The van der Waals surface area contributed by atoms with Crippen molar-refractivity contribution in [1.29, 1.82) is 0 Å². The molecule has 3 N–H and O–H groups in total. The van der Waals surface area contributed by atoms with Gasteiger partial charge in [-0.05, 0) is 43.0 Å². The Morgan fingerprint density at radius 3 is 2.47 bits per heavy atom. The summed E-state index contributed by atoms with van der Waals surface area (Å²) in [5.74, 6) is 0.711. The van der Waals surface area contributed by atoms with Crippen molar-refractivity contribution in [3.63, 3.8) is 0 Å². The monoisotopic (exact) mass is 206 g/mol. The van der Waals surface area contributed by atoms with Gasteiger partial charge in [-0.1, -0.05) is 24.3 Å². The first-order chi connectivity index (χ1) is 7.40. The highest BCUT2D eigenvalue weighted by molar-refractivity contribution is 5.25. The summed E-state index contributed by atoms with van der Waals surface area (Å²) >= 11 is 0. The molecule has 1 fully saturated rings. The average Bonchev–Trinajstić information content (AvgIpc) is 2.32. The molecule has 1 heterocycles. The van der Waals surface area contributed by atoms with Crippen LogP contribution in [0.3, 0.4) is 0 Å². The number of hydroxylamine groups is 1. The maximum Gasteiger partial charge on any atom is 0.0458 e. The largest absolute Gasteiger partial charge is 0.317 e. The molecule has 0 aromatic heterocycles. The third kappa shape index (κ3) is 2.78. The number of piperidine rings is 1. The van der Waals surface area contributed by atoms with Crippen LogP contribution in [0.15, 0.2) is 24.3 Å². The summed E-state index contributed by atoms with van der Waals surface area (Å²) in [6.07, 6.45) is 2.47. The van der Waals surface area contributed by atoms with Gasteiger partial charge < -0.3 is 10.5 Å². The molecule has 1 aromatic rings. The molecule has 15 heavy (non-hydrogen) atoms. The molecule has 1 aromatic carbocycles. The predicted molar refractivity (Wildman–Crippen MR) is 59.9 cm³/mol. The standard InChI is InChI=1S/C12H18N2O/c15-14-9-10-1-3-11(4-2-10)12-5-7-13-8-6-12/h1-4,12-15H,5-9H2. The Morgan fingerprint density at radius 2 is 1.87 bits per heavy atom. The van der Waals surface area contributed by atoms with Crippen LogP contribution in [0.2, 0.25) is 0 Å². The molecule has 0 spiro atoms. The Morgan fingerprint density at radius 1 is 1.20 bits per heavy atom. The highest BCUT2D eigenvalue weighted by atomic mass is 16.5. The third-order valence-corrected chi connectivity index (χ3v) is 3.07. The smallest absolute Gasteiger partial charge is 0.0458 e. The maximum atomic E-state index is 8.58. The topological polar surface area (TPSA) is 44.3 Å². The zero-order valence-electron chi connectivity index (χ0n) is 8.87. The van der Waals surface area contributed by atoms with Gasteiger partial charge in [0.25, 0.3) is 0 Å². The molecule has 0 atom stereocenters. The van der Waals surface area contributed by atoms with Crippen LogP contribution in [-0.2, 0) is 6.54 Å². The molecule has 1 saturated heterocycles. The molecule has 2 rings (SSSR count). The Kier molecular flexibility index (Phi) is 3.72. The van der Waals surface area contributed by atoms with Crippen LogP contribution in [0.5, 0.6) is 0 Å². The van der Waals surface area contributed by atoms with Gasteiger partial charge in [-0.2, -0.15) is 0 Å². The van der Waals surface area contributed by atoms with E-state index in [1.54, 1.807) is 0 Å². The highest BCUT2D eigenvalue weighted by Crippen LogP contribution is 2.25. The van der Waals surface area contributed by atoms with Gasteiger partial charge in [-0.3, -0.25) is 0 Å². The average molecular weight is 206 g/mol. The lowest BCUT2D eigenvalue weighted by Crippen LogP contribution is -2.26. The van der Waals surface area contributed by atoms with Crippen LogP contribution >= 0.6 is 0 Å². The van der Waals surface area contributed by atoms with Gasteiger partial charge in [0, 0.05) is 6.54 Å². The summed E-state index contributed by atoms with van der Waals surface area (Å²) in [6.45, 7) is 2.78. The Labute approximate surface area is 90.5 Å². The quantitative estimate of drug-likeness (QED) is 0.659.